The monoisotopic (exact) mass is 231 g/mol. The molecule has 1 atom stereocenters. The van der Waals surface area contributed by atoms with Crippen molar-refractivity contribution >= 4 is 11.3 Å². The van der Waals surface area contributed by atoms with Crippen molar-refractivity contribution in [3.05, 3.63) is 57.3 Å². The van der Waals surface area contributed by atoms with Crippen molar-refractivity contribution in [1.29, 1.82) is 0 Å². The van der Waals surface area contributed by atoms with Crippen LogP contribution in [0.3, 0.4) is 0 Å². The molecule has 0 saturated heterocycles. The van der Waals surface area contributed by atoms with Crippen LogP contribution < -0.4 is 5.73 Å². The van der Waals surface area contributed by atoms with Gasteiger partial charge < -0.3 is 5.73 Å². The summed E-state index contributed by atoms with van der Waals surface area (Å²) in [4.78, 5) is 1.35. The molecule has 2 heteroatoms. The maximum atomic E-state index is 6.23. The van der Waals surface area contributed by atoms with Gasteiger partial charge in [-0.15, -0.1) is 11.3 Å². The smallest absolute Gasteiger partial charge is 0.0343 e. The molecule has 0 aliphatic carbocycles. The third-order valence-electron chi connectivity index (χ3n) is 2.67. The molecule has 2 aromatic rings. The summed E-state index contributed by atoms with van der Waals surface area (Å²) in [5.41, 5.74) is 10.0. The van der Waals surface area contributed by atoms with Crippen LogP contribution in [-0.2, 0) is 6.42 Å². The first-order valence-electron chi connectivity index (χ1n) is 5.51. The highest BCUT2D eigenvalue weighted by Crippen LogP contribution is 2.21. The Morgan fingerprint density at radius 2 is 1.88 bits per heavy atom. The molecule has 0 amide bonds. The third-order valence-corrected chi connectivity index (χ3v) is 3.57. The van der Waals surface area contributed by atoms with Gasteiger partial charge in [-0.1, -0.05) is 35.4 Å². The van der Waals surface area contributed by atoms with Gasteiger partial charge in [-0.25, -0.2) is 0 Å². The summed E-state index contributed by atoms with van der Waals surface area (Å²) in [6.45, 7) is 4.24. The van der Waals surface area contributed by atoms with Crippen LogP contribution in [0, 0.1) is 13.8 Å². The molecule has 0 radical (unpaired) electrons. The second kappa shape index (κ2) is 4.81. The highest BCUT2D eigenvalue weighted by molar-refractivity contribution is 7.09. The van der Waals surface area contributed by atoms with E-state index in [2.05, 4.69) is 49.6 Å². The van der Waals surface area contributed by atoms with Gasteiger partial charge in [0.05, 0.1) is 0 Å². The topological polar surface area (TPSA) is 26.0 Å². The SMILES string of the molecule is Cc1cc(C)cc(C(N)Cc2cccs2)c1. The molecular weight excluding hydrogens is 214 g/mol. The fourth-order valence-electron chi connectivity index (χ4n) is 1.99. The molecule has 0 spiro atoms. The largest absolute Gasteiger partial charge is 0.324 e. The van der Waals surface area contributed by atoms with Crippen molar-refractivity contribution in [1.82, 2.24) is 0 Å². The zero-order valence-electron chi connectivity index (χ0n) is 9.73. The Morgan fingerprint density at radius 1 is 1.19 bits per heavy atom. The minimum absolute atomic E-state index is 0.109. The first-order valence-corrected chi connectivity index (χ1v) is 6.39. The summed E-state index contributed by atoms with van der Waals surface area (Å²) >= 11 is 1.77. The van der Waals surface area contributed by atoms with Crippen LogP contribution in [0.1, 0.15) is 27.6 Å². The summed E-state index contributed by atoms with van der Waals surface area (Å²) in [7, 11) is 0. The van der Waals surface area contributed by atoms with Gasteiger partial charge in [0.25, 0.3) is 0 Å². The molecule has 84 valence electrons. The van der Waals surface area contributed by atoms with Gasteiger partial charge in [0.1, 0.15) is 0 Å². The van der Waals surface area contributed by atoms with Gasteiger partial charge in [0.2, 0.25) is 0 Å². The lowest BCUT2D eigenvalue weighted by Crippen LogP contribution is -2.13. The van der Waals surface area contributed by atoms with E-state index in [1.165, 1.54) is 21.6 Å². The molecule has 1 aromatic carbocycles. The second-order valence-corrected chi connectivity index (χ2v) is 5.34. The van der Waals surface area contributed by atoms with Crippen molar-refractivity contribution in [2.24, 2.45) is 5.73 Å². The van der Waals surface area contributed by atoms with Gasteiger partial charge in [0.15, 0.2) is 0 Å². The zero-order chi connectivity index (χ0) is 11.5. The summed E-state index contributed by atoms with van der Waals surface area (Å²) in [6.07, 6.45) is 0.931. The molecule has 2 rings (SSSR count). The number of aryl methyl sites for hydroxylation is 2. The van der Waals surface area contributed by atoms with Crippen LogP contribution in [0.2, 0.25) is 0 Å². The van der Waals surface area contributed by atoms with E-state index >= 15 is 0 Å². The predicted octanol–water partition coefficient (Wildman–Crippen LogP) is 3.61. The Bertz CT molecular complexity index is 439. The van der Waals surface area contributed by atoms with Crippen molar-refractivity contribution in [2.45, 2.75) is 26.3 Å². The van der Waals surface area contributed by atoms with E-state index in [9.17, 15) is 0 Å². The highest BCUT2D eigenvalue weighted by atomic mass is 32.1. The number of rotatable bonds is 3. The van der Waals surface area contributed by atoms with E-state index in [1.54, 1.807) is 11.3 Å². The van der Waals surface area contributed by atoms with Gasteiger partial charge in [-0.3, -0.25) is 0 Å². The maximum absolute atomic E-state index is 6.23. The molecule has 2 N–H and O–H groups in total. The van der Waals surface area contributed by atoms with Crippen LogP contribution in [0.5, 0.6) is 0 Å². The van der Waals surface area contributed by atoms with Crippen LogP contribution in [0.4, 0.5) is 0 Å². The molecule has 0 aliphatic heterocycles. The first-order chi connectivity index (χ1) is 7.65. The van der Waals surface area contributed by atoms with E-state index < -0.39 is 0 Å². The van der Waals surface area contributed by atoms with Crippen molar-refractivity contribution in [3.8, 4) is 0 Å². The van der Waals surface area contributed by atoms with Crippen molar-refractivity contribution < 1.29 is 0 Å². The van der Waals surface area contributed by atoms with Gasteiger partial charge in [-0.2, -0.15) is 0 Å². The number of benzene rings is 1. The molecule has 1 nitrogen and oxygen atoms in total. The minimum atomic E-state index is 0.109. The van der Waals surface area contributed by atoms with E-state index in [-0.39, 0.29) is 6.04 Å². The molecule has 1 heterocycles. The zero-order valence-corrected chi connectivity index (χ0v) is 10.6. The predicted molar refractivity (Wildman–Crippen MR) is 70.9 cm³/mol. The Morgan fingerprint density at radius 3 is 2.44 bits per heavy atom. The Balaban J connectivity index is 2.17. The lowest BCUT2D eigenvalue weighted by atomic mass is 9.99. The molecule has 1 aromatic heterocycles. The molecule has 16 heavy (non-hydrogen) atoms. The molecular formula is C14H17NS. The van der Waals surface area contributed by atoms with Crippen LogP contribution in [0.15, 0.2) is 35.7 Å². The Kier molecular flexibility index (Phi) is 3.42. The highest BCUT2D eigenvalue weighted by Gasteiger charge is 2.08. The average molecular weight is 231 g/mol. The Labute approximate surface area is 101 Å². The quantitative estimate of drug-likeness (QED) is 0.858. The van der Waals surface area contributed by atoms with Gasteiger partial charge in [-0.05, 0) is 30.9 Å². The number of hydrogen-bond acceptors (Lipinski definition) is 2. The van der Waals surface area contributed by atoms with E-state index in [1.807, 2.05) is 0 Å². The number of thiophene rings is 1. The summed E-state index contributed by atoms with van der Waals surface area (Å²) in [6, 6.07) is 10.9. The van der Waals surface area contributed by atoms with Crippen LogP contribution >= 0.6 is 11.3 Å². The second-order valence-electron chi connectivity index (χ2n) is 4.31. The maximum Gasteiger partial charge on any atom is 0.0343 e. The van der Waals surface area contributed by atoms with Gasteiger partial charge in [0, 0.05) is 17.3 Å². The molecule has 0 bridgehead atoms. The molecule has 1 unspecified atom stereocenters. The van der Waals surface area contributed by atoms with E-state index in [0.29, 0.717) is 0 Å². The summed E-state index contributed by atoms with van der Waals surface area (Å²) in [5.74, 6) is 0. The first kappa shape index (κ1) is 11.4. The fraction of sp³-hybridized carbons (Fsp3) is 0.286. The van der Waals surface area contributed by atoms with Gasteiger partial charge >= 0.3 is 0 Å². The molecule has 0 saturated carbocycles. The minimum Gasteiger partial charge on any atom is -0.324 e. The Hall–Kier alpha value is -1.12. The van der Waals surface area contributed by atoms with Crippen LogP contribution in [-0.4, -0.2) is 0 Å². The summed E-state index contributed by atoms with van der Waals surface area (Å²) in [5, 5.41) is 2.10. The standard InChI is InChI=1S/C14H17NS/c1-10-6-11(2)8-12(7-10)14(15)9-13-4-3-5-16-13/h3-8,14H,9,15H2,1-2H3. The van der Waals surface area contributed by atoms with E-state index in [0.717, 1.165) is 6.42 Å². The number of nitrogens with two attached hydrogens (primary N) is 1. The molecule has 0 fully saturated rings. The van der Waals surface area contributed by atoms with Crippen molar-refractivity contribution in [2.75, 3.05) is 0 Å². The number of hydrogen-bond donors (Lipinski definition) is 1. The van der Waals surface area contributed by atoms with E-state index in [4.69, 9.17) is 5.73 Å². The fourth-order valence-corrected chi connectivity index (χ4v) is 2.75. The van der Waals surface area contributed by atoms with Crippen LogP contribution in [0.25, 0.3) is 0 Å². The summed E-state index contributed by atoms with van der Waals surface area (Å²) < 4.78 is 0. The normalized spacial score (nSPS) is 12.7. The third kappa shape index (κ3) is 2.71. The van der Waals surface area contributed by atoms with Crippen molar-refractivity contribution in [3.63, 3.8) is 0 Å². The lowest BCUT2D eigenvalue weighted by molar-refractivity contribution is 0.728. The lowest BCUT2D eigenvalue weighted by Gasteiger charge is -2.12. The average Bonchev–Trinajstić information content (AvgIpc) is 2.68. The molecule has 0 aliphatic rings.